The molecule has 2 N–H and O–H groups in total. The van der Waals surface area contributed by atoms with Gasteiger partial charge in [-0.1, -0.05) is 18.2 Å². The van der Waals surface area contributed by atoms with Crippen molar-refractivity contribution in [1.82, 2.24) is 14.7 Å². The summed E-state index contributed by atoms with van der Waals surface area (Å²) in [5, 5.41) is 4.56. The van der Waals surface area contributed by atoms with E-state index in [2.05, 4.69) is 10.1 Å². The lowest BCUT2D eigenvalue weighted by molar-refractivity contribution is -0.124. The molecule has 0 spiro atoms. The Kier molecular flexibility index (Phi) is 3.54. The van der Waals surface area contributed by atoms with E-state index >= 15 is 0 Å². The largest absolute Gasteiger partial charge is 0.308 e. The van der Waals surface area contributed by atoms with Gasteiger partial charge in [-0.25, -0.2) is 9.67 Å². The molecule has 1 amide bonds. The van der Waals surface area contributed by atoms with Crippen molar-refractivity contribution in [3.63, 3.8) is 0 Å². The van der Waals surface area contributed by atoms with Crippen LogP contribution in [0.4, 0.5) is 0 Å². The lowest BCUT2D eigenvalue weighted by Crippen LogP contribution is -2.36. The fourth-order valence-electron chi connectivity index (χ4n) is 2.67. The zero-order valence-corrected chi connectivity index (χ0v) is 12.9. The number of aliphatic imine (C=N–C) groups is 1. The van der Waals surface area contributed by atoms with E-state index in [1.807, 2.05) is 48.9 Å². The molecule has 2 heterocycles. The van der Waals surface area contributed by atoms with Gasteiger partial charge in [-0.3, -0.25) is 9.69 Å². The second kappa shape index (κ2) is 5.38. The lowest BCUT2D eigenvalue weighted by Gasteiger charge is -2.17. The van der Waals surface area contributed by atoms with Crippen LogP contribution in [0, 0.1) is 13.8 Å². The average Bonchev–Trinajstić information content (AvgIpc) is 3.02. The Hall–Kier alpha value is -2.47. The number of aromatic nitrogens is 2. The van der Waals surface area contributed by atoms with Crippen molar-refractivity contribution in [2.45, 2.75) is 26.9 Å². The summed E-state index contributed by atoms with van der Waals surface area (Å²) in [6.07, 6.45) is -0.389. The van der Waals surface area contributed by atoms with Crippen molar-refractivity contribution in [2.75, 3.05) is 6.54 Å². The summed E-state index contributed by atoms with van der Waals surface area (Å²) >= 11 is 0. The van der Waals surface area contributed by atoms with E-state index in [4.69, 9.17) is 5.73 Å². The predicted molar refractivity (Wildman–Crippen MR) is 84.9 cm³/mol. The van der Waals surface area contributed by atoms with Crippen molar-refractivity contribution < 1.29 is 4.79 Å². The van der Waals surface area contributed by atoms with Gasteiger partial charge in [-0.05, 0) is 31.5 Å². The molecule has 1 aromatic heterocycles. The number of nitrogens with two attached hydrogens (primary N) is 1. The quantitative estimate of drug-likeness (QED) is 0.910. The number of nitrogens with zero attached hydrogens (tertiary/aromatic N) is 4. The highest BCUT2D eigenvalue weighted by Gasteiger charge is 2.29. The maximum absolute atomic E-state index is 11.9. The smallest absolute Gasteiger partial charge is 0.225 e. The topological polar surface area (TPSA) is 76.5 Å². The molecule has 6 nitrogen and oxygen atoms in total. The van der Waals surface area contributed by atoms with Crippen LogP contribution in [0.5, 0.6) is 0 Å². The van der Waals surface area contributed by atoms with E-state index in [-0.39, 0.29) is 12.1 Å². The summed E-state index contributed by atoms with van der Waals surface area (Å²) in [7, 11) is 0. The molecule has 1 atom stereocenters. The van der Waals surface area contributed by atoms with E-state index in [0.717, 1.165) is 22.6 Å². The molecule has 6 heteroatoms. The van der Waals surface area contributed by atoms with Gasteiger partial charge in [0.2, 0.25) is 5.91 Å². The van der Waals surface area contributed by atoms with Crippen LogP contribution < -0.4 is 5.73 Å². The van der Waals surface area contributed by atoms with Gasteiger partial charge in [0.15, 0.2) is 5.84 Å². The van der Waals surface area contributed by atoms with Crippen LogP contribution in [0.25, 0.3) is 5.69 Å². The fourth-order valence-corrected chi connectivity index (χ4v) is 2.67. The van der Waals surface area contributed by atoms with Crippen molar-refractivity contribution >= 4 is 11.7 Å². The van der Waals surface area contributed by atoms with Gasteiger partial charge in [0, 0.05) is 6.92 Å². The molecule has 114 valence electrons. The SMILES string of the molecule is CC(=O)N1CC(N)N=C1c1cc(C)nn1-c1ccccc1C. The summed E-state index contributed by atoms with van der Waals surface area (Å²) in [5.74, 6) is 0.519. The maximum Gasteiger partial charge on any atom is 0.225 e. The summed E-state index contributed by atoms with van der Waals surface area (Å²) in [4.78, 5) is 17.9. The molecular weight excluding hydrogens is 278 g/mol. The van der Waals surface area contributed by atoms with Gasteiger partial charge in [0.05, 0.1) is 17.9 Å². The fraction of sp³-hybridized carbons (Fsp3) is 0.312. The molecular formula is C16H19N5O. The van der Waals surface area contributed by atoms with Gasteiger partial charge < -0.3 is 5.73 Å². The third kappa shape index (κ3) is 2.42. The van der Waals surface area contributed by atoms with Crippen LogP contribution in [0.2, 0.25) is 0 Å². The first-order valence-corrected chi connectivity index (χ1v) is 7.22. The Morgan fingerprint density at radius 3 is 2.73 bits per heavy atom. The molecule has 2 aromatic rings. The zero-order valence-electron chi connectivity index (χ0n) is 12.9. The highest BCUT2D eigenvalue weighted by Crippen LogP contribution is 2.21. The Balaban J connectivity index is 2.15. The lowest BCUT2D eigenvalue weighted by atomic mass is 10.2. The third-order valence-electron chi connectivity index (χ3n) is 3.70. The molecule has 0 saturated heterocycles. The standard InChI is InChI=1S/C16H19N5O/c1-10-6-4-5-7-13(10)21-14(8-11(2)19-21)16-18-15(17)9-20(16)12(3)22/h4-8,15H,9,17H2,1-3H3. The van der Waals surface area contributed by atoms with E-state index < -0.39 is 0 Å². The number of hydrogen-bond acceptors (Lipinski definition) is 4. The Morgan fingerprint density at radius 1 is 1.32 bits per heavy atom. The van der Waals surface area contributed by atoms with Crippen LogP contribution in [-0.2, 0) is 4.79 Å². The number of carbonyl (C=O) groups is 1. The monoisotopic (exact) mass is 297 g/mol. The highest BCUT2D eigenvalue weighted by atomic mass is 16.2. The number of aryl methyl sites for hydroxylation is 2. The third-order valence-corrected chi connectivity index (χ3v) is 3.70. The van der Waals surface area contributed by atoms with Gasteiger partial charge >= 0.3 is 0 Å². The van der Waals surface area contributed by atoms with Crippen LogP contribution in [-0.4, -0.2) is 39.1 Å². The molecule has 0 aliphatic carbocycles. The van der Waals surface area contributed by atoms with E-state index in [1.165, 1.54) is 6.92 Å². The number of amidine groups is 1. The Labute approximate surface area is 129 Å². The first kappa shape index (κ1) is 14.5. The highest BCUT2D eigenvalue weighted by molar-refractivity contribution is 6.08. The number of amides is 1. The second-order valence-corrected chi connectivity index (χ2v) is 5.52. The number of para-hydroxylation sites is 1. The van der Waals surface area contributed by atoms with Crippen LogP contribution in [0.1, 0.15) is 23.9 Å². The molecule has 1 aliphatic heterocycles. The van der Waals surface area contributed by atoms with E-state index in [0.29, 0.717) is 12.4 Å². The molecule has 1 aliphatic rings. The van der Waals surface area contributed by atoms with Crippen molar-refractivity contribution in [3.8, 4) is 5.69 Å². The molecule has 0 bridgehead atoms. The number of carbonyl (C=O) groups excluding carboxylic acids is 1. The number of benzene rings is 1. The average molecular weight is 297 g/mol. The predicted octanol–water partition coefficient (Wildman–Crippen LogP) is 1.38. The van der Waals surface area contributed by atoms with Gasteiger partial charge in [0.1, 0.15) is 11.9 Å². The van der Waals surface area contributed by atoms with Crippen molar-refractivity contribution in [1.29, 1.82) is 0 Å². The van der Waals surface area contributed by atoms with E-state index in [1.54, 1.807) is 4.90 Å². The summed E-state index contributed by atoms with van der Waals surface area (Å²) in [5.41, 5.74) is 9.63. The zero-order chi connectivity index (χ0) is 15.9. The minimum Gasteiger partial charge on any atom is -0.308 e. The molecule has 0 saturated carbocycles. The first-order valence-electron chi connectivity index (χ1n) is 7.22. The van der Waals surface area contributed by atoms with Crippen molar-refractivity contribution in [2.24, 2.45) is 10.7 Å². The summed E-state index contributed by atoms with van der Waals surface area (Å²) in [6, 6.07) is 9.91. The summed E-state index contributed by atoms with van der Waals surface area (Å²) < 4.78 is 1.83. The molecule has 3 rings (SSSR count). The second-order valence-electron chi connectivity index (χ2n) is 5.52. The molecule has 22 heavy (non-hydrogen) atoms. The minimum absolute atomic E-state index is 0.0677. The maximum atomic E-state index is 11.9. The normalized spacial score (nSPS) is 17.7. The molecule has 0 radical (unpaired) electrons. The van der Waals surface area contributed by atoms with Gasteiger partial charge in [-0.2, -0.15) is 5.10 Å². The Bertz CT molecular complexity index is 762. The number of rotatable bonds is 2. The van der Waals surface area contributed by atoms with Gasteiger partial charge in [-0.15, -0.1) is 0 Å². The van der Waals surface area contributed by atoms with Crippen molar-refractivity contribution in [3.05, 3.63) is 47.3 Å². The minimum atomic E-state index is -0.389. The number of hydrogen-bond donors (Lipinski definition) is 1. The van der Waals surface area contributed by atoms with Crippen LogP contribution in [0.3, 0.4) is 0 Å². The molecule has 1 unspecified atom stereocenters. The first-order chi connectivity index (χ1) is 10.5. The van der Waals surface area contributed by atoms with Crippen LogP contribution in [0.15, 0.2) is 35.3 Å². The molecule has 1 aromatic carbocycles. The van der Waals surface area contributed by atoms with Crippen LogP contribution >= 0.6 is 0 Å². The Morgan fingerprint density at radius 2 is 2.05 bits per heavy atom. The van der Waals surface area contributed by atoms with E-state index in [9.17, 15) is 4.79 Å². The summed E-state index contributed by atoms with van der Waals surface area (Å²) in [6.45, 7) is 5.88. The molecule has 0 fully saturated rings. The van der Waals surface area contributed by atoms with Gasteiger partial charge in [0.25, 0.3) is 0 Å².